The Balaban J connectivity index is 2.03. The number of aliphatic hydroxyl groups excluding tert-OH is 1. The molecule has 0 radical (unpaired) electrons. The van der Waals surface area contributed by atoms with Crippen molar-refractivity contribution in [1.82, 2.24) is 14.7 Å². The molecule has 6 heteroatoms. The van der Waals surface area contributed by atoms with E-state index in [1.807, 2.05) is 19.3 Å². The van der Waals surface area contributed by atoms with Crippen molar-refractivity contribution in [3.63, 3.8) is 0 Å². The molecule has 2 heterocycles. The Morgan fingerprint density at radius 2 is 2.04 bits per heavy atom. The van der Waals surface area contributed by atoms with Crippen LogP contribution in [0.1, 0.15) is 21.7 Å². The van der Waals surface area contributed by atoms with Gasteiger partial charge in [-0.2, -0.15) is 5.10 Å². The van der Waals surface area contributed by atoms with E-state index in [0.29, 0.717) is 12.2 Å². The zero-order valence-corrected chi connectivity index (χ0v) is 16.2. The van der Waals surface area contributed by atoms with Crippen LogP contribution in [-0.4, -0.2) is 40.0 Å². The van der Waals surface area contributed by atoms with Crippen LogP contribution in [0.3, 0.4) is 0 Å². The van der Waals surface area contributed by atoms with Crippen LogP contribution >= 0.6 is 11.3 Å². The molecule has 0 aliphatic heterocycles. The lowest BCUT2D eigenvalue weighted by molar-refractivity contribution is 0.244. The average Bonchev–Trinajstić information content (AvgIpc) is 3.15. The van der Waals surface area contributed by atoms with Gasteiger partial charge in [0.1, 0.15) is 11.5 Å². The fourth-order valence-electron chi connectivity index (χ4n) is 3.09. The Morgan fingerprint density at radius 3 is 2.69 bits per heavy atom. The highest BCUT2D eigenvalue weighted by Crippen LogP contribution is 2.33. The highest BCUT2D eigenvalue weighted by Gasteiger charge is 2.18. The van der Waals surface area contributed by atoms with Gasteiger partial charge in [0.15, 0.2) is 0 Å². The number of hydrogen-bond donors (Lipinski definition) is 1. The summed E-state index contributed by atoms with van der Waals surface area (Å²) in [5.74, 6) is -0.292. The van der Waals surface area contributed by atoms with Gasteiger partial charge in [0.05, 0.1) is 5.69 Å². The predicted molar refractivity (Wildman–Crippen MR) is 104 cm³/mol. The number of para-hydroxylation sites is 1. The van der Waals surface area contributed by atoms with Crippen molar-refractivity contribution in [2.45, 2.75) is 26.8 Å². The number of halogens is 1. The number of aryl methyl sites for hydroxylation is 2. The van der Waals surface area contributed by atoms with E-state index >= 15 is 0 Å². The van der Waals surface area contributed by atoms with E-state index in [4.69, 9.17) is 10.2 Å². The van der Waals surface area contributed by atoms with Crippen molar-refractivity contribution >= 4 is 11.3 Å². The monoisotopic (exact) mass is 373 g/mol. The van der Waals surface area contributed by atoms with Gasteiger partial charge in [0, 0.05) is 46.8 Å². The number of thiophene rings is 1. The number of rotatable bonds is 7. The summed E-state index contributed by atoms with van der Waals surface area (Å²) in [5.41, 5.74) is 3.50. The van der Waals surface area contributed by atoms with Crippen LogP contribution in [-0.2, 0) is 6.54 Å². The molecule has 0 aliphatic carbocycles. The molecule has 1 N–H and O–H groups in total. The highest BCUT2D eigenvalue weighted by molar-refractivity contribution is 7.12. The summed E-state index contributed by atoms with van der Waals surface area (Å²) < 4.78 is 15.9. The number of benzene rings is 1. The lowest BCUT2D eigenvalue weighted by Crippen LogP contribution is -2.20. The van der Waals surface area contributed by atoms with Gasteiger partial charge in [-0.1, -0.05) is 12.1 Å². The van der Waals surface area contributed by atoms with Crippen LogP contribution in [0.4, 0.5) is 4.39 Å². The van der Waals surface area contributed by atoms with Crippen molar-refractivity contribution in [3.05, 3.63) is 57.7 Å². The number of aliphatic hydroxyl groups is 1. The zero-order valence-electron chi connectivity index (χ0n) is 15.4. The van der Waals surface area contributed by atoms with Crippen LogP contribution in [0.25, 0.3) is 16.9 Å². The zero-order chi connectivity index (χ0) is 18.7. The molecule has 138 valence electrons. The van der Waals surface area contributed by atoms with Gasteiger partial charge in [0.2, 0.25) is 0 Å². The first kappa shape index (κ1) is 18.8. The van der Waals surface area contributed by atoms with Gasteiger partial charge in [-0.25, -0.2) is 9.07 Å². The summed E-state index contributed by atoms with van der Waals surface area (Å²) in [6.45, 7) is 5.84. The summed E-state index contributed by atoms with van der Waals surface area (Å²) in [5, 5.41) is 13.8. The smallest absolute Gasteiger partial charge is 0.148 e. The molecule has 2 aromatic heterocycles. The molecule has 0 saturated carbocycles. The Labute approximate surface area is 157 Å². The molecule has 0 unspecified atom stereocenters. The molecule has 0 saturated heterocycles. The molecule has 0 aliphatic rings. The second-order valence-corrected chi connectivity index (χ2v) is 8.00. The van der Waals surface area contributed by atoms with Crippen LogP contribution in [0, 0.1) is 19.7 Å². The maximum absolute atomic E-state index is 14.2. The number of hydrogen-bond acceptors (Lipinski definition) is 4. The first-order chi connectivity index (χ1) is 12.5. The molecular weight excluding hydrogens is 349 g/mol. The molecule has 4 nitrogen and oxygen atoms in total. The standard InChI is InChI=1S/C20H24FN3OS/c1-14-11-17(15(2)26-14)20-16(12-23(3)9-6-10-25)13-24(22-20)19-8-5-4-7-18(19)21/h4-5,7-8,11,13,25H,6,9-10,12H2,1-3H3. The van der Waals surface area contributed by atoms with Crippen molar-refractivity contribution in [3.8, 4) is 16.9 Å². The molecule has 0 atom stereocenters. The second kappa shape index (κ2) is 8.12. The quantitative estimate of drug-likeness (QED) is 0.676. The molecule has 0 bridgehead atoms. The summed E-state index contributed by atoms with van der Waals surface area (Å²) in [6.07, 6.45) is 2.64. The maximum Gasteiger partial charge on any atom is 0.148 e. The first-order valence-corrected chi connectivity index (χ1v) is 9.51. The Bertz CT molecular complexity index is 887. The van der Waals surface area contributed by atoms with Crippen LogP contribution in [0.15, 0.2) is 36.5 Å². The first-order valence-electron chi connectivity index (χ1n) is 8.70. The fraction of sp³-hybridized carbons (Fsp3) is 0.350. The largest absolute Gasteiger partial charge is 0.396 e. The van der Waals surface area contributed by atoms with Crippen LogP contribution < -0.4 is 0 Å². The van der Waals surface area contributed by atoms with E-state index in [0.717, 1.165) is 29.8 Å². The van der Waals surface area contributed by atoms with Crippen LogP contribution in [0.5, 0.6) is 0 Å². The second-order valence-electron chi connectivity index (χ2n) is 6.54. The van der Waals surface area contributed by atoms with E-state index in [9.17, 15) is 4.39 Å². The molecule has 3 rings (SSSR count). The van der Waals surface area contributed by atoms with E-state index in [-0.39, 0.29) is 12.4 Å². The minimum Gasteiger partial charge on any atom is -0.396 e. The van der Waals surface area contributed by atoms with Gasteiger partial charge < -0.3 is 10.0 Å². The average molecular weight is 373 g/mol. The fourth-order valence-corrected chi connectivity index (χ4v) is 4.01. The van der Waals surface area contributed by atoms with Gasteiger partial charge in [-0.15, -0.1) is 11.3 Å². The molecular formula is C20H24FN3OS. The predicted octanol–water partition coefficient (Wildman–Crippen LogP) is 4.17. The third-order valence-corrected chi connectivity index (χ3v) is 5.29. The van der Waals surface area contributed by atoms with Gasteiger partial charge in [-0.05, 0) is 45.5 Å². The van der Waals surface area contributed by atoms with Gasteiger partial charge in [-0.3, -0.25) is 0 Å². The lowest BCUT2D eigenvalue weighted by atomic mass is 10.1. The Hall–Kier alpha value is -2.02. The molecule has 26 heavy (non-hydrogen) atoms. The van der Waals surface area contributed by atoms with Gasteiger partial charge in [0.25, 0.3) is 0 Å². The lowest BCUT2D eigenvalue weighted by Gasteiger charge is -2.15. The molecule has 1 aromatic carbocycles. The third kappa shape index (κ3) is 4.03. The van der Waals surface area contributed by atoms with Crippen molar-refractivity contribution < 1.29 is 9.50 Å². The SMILES string of the molecule is Cc1cc(-c2nn(-c3ccccc3F)cc2CN(C)CCCO)c(C)s1. The molecule has 0 spiro atoms. The van der Waals surface area contributed by atoms with Crippen molar-refractivity contribution in [2.75, 3.05) is 20.2 Å². The highest BCUT2D eigenvalue weighted by atomic mass is 32.1. The summed E-state index contributed by atoms with van der Waals surface area (Å²) in [6, 6.07) is 8.82. The third-order valence-electron chi connectivity index (χ3n) is 4.32. The Kier molecular flexibility index (Phi) is 5.86. The number of aromatic nitrogens is 2. The van der Waals surface area contributed by atoms with E-state index in [1.54, 1.807) is 28.2 Å². The van der Waals surface area contributed by atoms with Crippen molar-refractivity contribution in [2.24, 2.45) is 0 Å². The molecule has 0 amide bonds. The van der Waals surface area contributed by atoms with Crippen LogP contribution in [0.2, 0.25) is 0 Å². The minimum atomic E-state index is -0.292. The summed E-state index contributed by atoms with van der Waals surface area (Å²) in [7, 11) is 2.02. The summed E-state index contributed by atoms with van der Waals surface area (Å²) >= 11 is 1.74. The summed E-state index contributed by atoms with van der Waals surface area (Å²) in [4.78, 5) is 4.59. The van der Waals surface area contributed by atoms with E-state index in [2.05, 4.69) is 24.8 Å². The normalized spacial score (nSPS) is 11.5. The Morgan fingerprint density at radius 1 is 1.27 bits per heavy atom. The van der Waals surface area contributed by atoms with E-state index < -0.39 is 0 Å². The van der Waals surface area contributed by atoms with E-state index in [1.165, 1.54) is 15.8 Å². The number of nitrogens with zero attached hydrogens (tertiary/aromatic N) is 3. The minimum absolute atomic E-state index is 0.175. The van der Waals surface area contributed by atoms with Gasteiger partial charge >= 0.3 is 0 Å². The molecule has 3 aromatic rings. The molecule has 0 fully saturated rings. The maximum atomic E-state index is 14.2. The topological polar surface area (TPSA) is 41.3 Å². The van der Waals surface area contributed by atoms with Crippen molar-refractivity contribution in [1.29, 1.82) is 0 Å².